The lowest BCUT2D eigenvalue weighted by Gasteiger charge is -2.40. The van der Waals surface area contributed by atoms with Crippen LogP contribution in [0.25, 0.3) is 0 Å². The molecule has 3 fully saturated rings. The highest BCUT2D eigenvalue weighted by molar-refractivity contribution is 6.07. The van der Waals surface area contributed by atoms with E-state index in [1.165, 1.54) is 4.90 Å². The molecule has 1 spiro atoms. The predicted octanol–water partition coefficient (Wildman–Crippen LogP) is 1.82. The summed E-state index contributed by atoms with van der Waals surface area (Å²) in [6.45, 7) is 11.2. The Labute approximate surface area is 162 Å². The SMILES string of the molecule is CC(C)CC(=O)N1CCC[C@H](N2C(=O)NC3(CCN(C(C)C)CC3)C2=O)C1. The monoisotopic (exact) mass is 378 g/mol. The van der Waals surface area contributed by atoms with Crippen molar-refractivity contribution < 1.29 is 14.4 Å². The molecule has 0 aromatic rings. The van der Waals surface area contributed by atoms with Crippen molar-refractivity contribution >= 4 is 17.8 Å². The van der Waals surface area contributed by atoms with Crippen molar-refractivity contribution in [3.05, 3.63) is 0 Å². The third-order valence-corrected chi connectivity index (χ3v) is 6.27. The molecule has 27 heavy (non-hydrogen) atoms. The molecule has 0 aromatic heterocycles. The van der Waals surface area contributed by atoms with Crippen molar-refractivity contribution in [2.45, 2.75) is 77.4 Å². The molecule has 4 amide bonds. The van der Waals surface area contributed by atoms with Crippen molar-refractivity contribution in [1.29, 1.82) is 0 Å². The standard InChI is InChI=1S/C20H34N4O3/c1-14(2)12-17(25)23-9-5-6-16(13-23)24-18(26)20(21-19(24)27)7-10-22(11-8-20)15(3)4/h14-16H,5-13H2,1-4H3,(H,21,27)/t16-/m0/s1. The van der Waals surface area contributed by atoms with Gasteiger partial charge in [0, 0.05) is 38.6 Å². The third kappa shape index (κ3) is 3.98. The maximum atomic E-state index is 13.2. The topological polar surface area (TPSA) is 73.0 Å². The lowest BCUT2D eigenvalue weighted by atomic mass is 9.86. The highest BCUT2D eigenvalue weighted by atomic mass is 16.2. The maximum absolute atomic E-state index is 13.2. The van der Waals surface area contributed by atoms with E-state index < -0.39 is 5.54 Å². The Hall–Kier alpha value is -1.63. The van der Waals surface area contributed by atoms with Crippen molar-refractivity contribution in [1.82, 2.24) is 20.0 Å². The van der Waals surface area contributed by atoms with E-state index in [2.05, 4.69) is 24.1 Å². The van der Waals surface area contributed by atoms with Crippen LogP contribution in [0, 0.1) is 5.92 Å². The lowest BCUT2D eigenvalue weighted by molar-refractivity contribution is -0.139. The Balaban J connectivity index is 1.67. The fourth-order valence-corrected chi connectivity index (χ4v) is 4.60. The molecule has 0 unspecified atom stereocenters. The second-order valence-electron chi connectivity index (χ2n) is 9.05. The van der Waals surface area contributed by atoms with Crippen molar-refractivity contribution in [3.8, 4) is 0 Å². The molecule has 1 N–H and O–H groups in total. The van der Waals surface area contributed by atoms with Gasteiger partial charge in [-0.1, -0.05) is 13.8 Å². The molecular weight excluding hydrogens is 344 g/mol. The van der Waals surface area contributed by atoms with Gasteiger partial charge in [-0.15, -0.1) is 0 Å². The molecule has 3 saturated heterocycles. The van der Waals surface area contributed by atoms with Crippen LogP contribution in [-0.2, 0) is 9.59 Å². The summed E-state index contributed by atoms with van der Waals surface area (Å²) >= 11 is 0. The molecule has 3 rings (SSSR count). The highest BCUT2D eigenvalue weighted by Gasteiger charge is 2.54. The van der Waals surface area contributed by atoms with Crippen LogP contribution in [0.1, 0.15) is 59.8 Å². The number of piperidine rings is 2. The molecular formula is C20H34N4O3. The first-order chi connectivity index (χ1) is 12.7. The van der Waals surface area contributed by atoms with Crippen LogP contribution in [0.15, 0.2) is 0 Å². The number of urea groups is 1. The molecule has 3 aliphatic heterocycles. The van der Waals surface area contributed by atoms with Gasteiger partial charge in [0.05, 0.1) is 6.04 Å². The molecule has 0 aromatic carbocycles. The summed E-state index contributed by atoms with van der Waals surface area (Å²) < 4.78 is 0. The fourth-order valence-electron chi connectivity index (χ4n) is 4.60. The number of amides is 4. The van der Waals surface area contributed by atoms with Gasteiger partial charge in [0.25, 0.3) is 5.91 Å². The summed E-state index contributed by atoms with van der Waals surface area (Å²) in [5, 5.41) is 3.01. The quantitative estimate of drug-likeness (QED) is 0.758. The largest absolute Gasteiger partial charge is 0.341 e. The van der Waals surface area contributed by atoms with Gasteiger partial charge < -0.3 is 15.1 Å². The average molecular weight is 379 g/mol. The van der Waals surface area contributed by atoms with E-state index in [0.717, 1.165) is 32.5 Å². The van der Waals surface area contributed by atoms with Crippen LogP contribution in [0.2, 0.25) is 0 Å². The predicted molar refractivity (Wildman–Crippen MR) is 103 cm³/mol. The summed E-state index contributed by atoms with van der Waals surface area (Å²) in [4.78, 5) is 44.0. The van der Waals surface area contributed by atoms with Gasteiger partial charge in [-0.25, -0.2) is 4.79 Å². The minimum atomic E-state index is -0.743. The molecule has 0 radical (unpaired) electrons. The number of hydrogen-bond acceptors (Lipinski definition) is 4. The molecule has 0 bridgehead atoms. The van der Waals surface area contributed by atoms with Crippen LogP contribution in [0.3, 0.4) is 0 Å². The number of likely N-dealkylation sites (tertiary alicyclic amines) is 2. The van der Waals surface area contributed by atoms with Crippen LogP contribution in [0.5, 0.6) is 0 Å². The zero-order chi connectivity index (χ0) is 19.8. The number of nitrogens with zero attached hydrogens (tertiary/aromatic N) is 3. The van der Waals surface area contributed by atoms with E-state index >= 15 is 0 Å². The molecule has 0 saturated carbocycles. The zero-order valence-electron chi connectivity index (χ0n) is 17.2. The number of nitrogens with one attached hydrogen (secondary N) is 1. The number of carbonyl (C=O) groups excluding carboxylic acids is 3. The van der Waals surface area contributed by atoms with Crippen molar-refractivity contribution in [3.63, 3.8) is 0 Å². The average Bonchev–Trinajstić information content (AvgIpc) is 2.85. The summed E-state index contributed by atoms with van der Waals surface area (Å²) in [7, 11) is 0. The lowest BCUT2D eigenvalue weighted by Crippen LogP contribution is -2.57. The fraction of sp³-hybridized carbons (Fsp3) is 0.850. The first-order valence-electron chi connectivity index (χ1n) is 10.4. The highest BCUT2D eigenvalue weighted by Crippen LogP contribution is 2.33. The summed E-state index contributed by atoms with van der Waals surface area (Å²) in [5.41, 5.74) is -0.743. The van der Waals surface area contributed by atoms with E-state index in [1.807, 2.05) is 18.7 Å². The van der Waals surface area contributed by atoms with Crippen molar-refractivity contribution in [2.24, 2.45) is 5.92 Å². The van der Waals surface area contributed by atoms with Crippen molar-refractivity contribution in [2.75, 3.05) is 26.2 Å². The minimum Gasteiger partial charge on any atom is -0.341 e. The third-order valence-electron chi connectivity index (χ3n) is 6.27. The van der Waals surface area contributed by atoms with E-state index in [-0.39, 0.29) is 23.9 Å². The van der Waals surface area contributed by atoms with Crippen LogP contribution in [0.4, 0.5) is 4.79 Å². The van der Waals surface area contributed by atoms with Crippen LogP contribution < -0.4 is 5.32 Å². The molecule has 3 heterocycles. The number of hydrogen-bond donors (Lipinski definition) is 1. The Bertz CT molecular complexity index is 596. The van der Waals surface area contributed by atoms with Crippen LogP contribution >= 0.6 is 0 Å². The first kappa shape index (κ1) is 20.1. The second-order valence-corrected chi connectivity index (χ2v) is 9.05. The molecule has 7 nitrogen and oxygen atoms in total. The second kappa shape index (κ2) is 7.78. The molecule has 152 valence electrons. The Kier molecular flexibility index (Phi) is 5.79. The Morgan fingerprint density at radius 3 is 2.41 bits per heavy atom. The summed E-state index contributed by atoms with van der Waals surface area (Å²) in [5.74, 6) is 0.352. The van der Waals surface area contributed by atoms with E-state index in [1.54, 1.807) is 0 Å². The van der Waals surface area contributed by atoms with Gasteiger partial charge in [0.2, 0.25) is 5.91 Å². The molecule has 1 atom stereocenters. The molecule has 7 heteroatoms. The summed E-state index contributed by atoms with van der Waals surface area (Å²) in [6.07, 6.45) is 3.45. The van der Waals surface area contributed by atoms with Gasteiger partial charge in [0.15, 0.2) is 0 Å². The van der Waals surface area contributed by atoms with Gasteiger partial charge in [-0.3, -0.25) is 14.5 Å². The normalized spacial score (nSPS) is 26.4. The molecule has 0 aliphatic carbocycles. The first-order valence-corrected chi connectivity index (χ1v) is 10.4. The van der Waals surface area contributed by atoms with Gasteiger partial charge in [-0.2, -0.15) is 0 Å². The Morgan fingerprint density at radius 1 is 1.15 bits per heavy atom. The Morgan fingerprint density at radius 2 is 1.81 bits per heavy atom. The zero-order valence-corrected chi connectivity index (χ0v) is 17.2. The maximum Gasteiger partial charge on any atom is 0.325 e. The molecule has 3 aliphatic rings. The number of rotatable bonds is 4. The number of imide groups is 1. The summed E-state index contributed by atoms with van der Waals surface area (Å²) in [6, 6.07) is -0.0319. The van der Waals surface area contributed by atoms with E-state index in [9.17, 15) is 14.4 Å². The smallest absolute Gasteiger partial charge is 0.325 e. The van der Waals surface area contributed by atoms with Gasteiger partial charge in [-0.05, 0) is 45.4 Å². The number of carbonyl (C=O) groups is 3. The van der Waals surface area contributed by atoms with Gasteiger partial charge in [0.1, 0.15) is 5.54 Å². The van der Waals surface area contributed by atoms with Crippen LogP contribution in [-0.4, -0.2) is 76.3 Å². The minimum absolute atomic E-state index is 0.0842. The van der Waals surface area contributed by atoms with Gasteiger partial charge >= 0.3 is 6.03 Å². The van der Waals surface area contributed by atoms with E-state index in [0.29, 0.717) is 37.8 Å². The van der Waals surface area contributed by atoms with E-state index in [4.69, 9.17) is 0 Å².